The first-order chi connectivity index (χ1) is 16.5. The van der Waals surface area contributed by atoms with Gasteiger partial charge in [-0.25, -0.2) is 9.79 Å². The number of hydrogen-bond acceptors (Lipinski definition) is 7. The lowest BCUT2D eigenvalue weighted by Gasteiger charge is -2.17. The quantitative estimate of drug-likeness (QED) is 0.294. The largest absolute Gasteiger partial charge is 0.464 e. The smallest absolute Gasteiger partial charge is 0.354 e. The number of hydrogen-bond donors (Lipinski definition) is 1. The van der Waals surface area contributed by atoms with Gasteiger partial charge in [-0.05, 0) is 50.3 Å². The lowest BCUT2D eigenvalue weighted by molar-refractivity contribution is -0.132. The molecule has 0 atom stereocenters. The average Bonchev–Trinajstić information content (AvgIpc) is 3.02. The van der Waals surface area contributed by atoms with Crippen LogP contribution in [0.4, 0.5) is 5.69 Å². The van der Waals surface area contributed by atoms with Crippen LogP contribution < -0.4 is 5.43 Å². The molecule has 0 aliphatic carbocycles. The van der Waals surface area contributed by atoms with Gasteiger partial charge in [0.2, 0.25) is 0 Å². The van der Waals surface area contributed by atoms with E-state index >= 15 is 0 Å². The third-order valence-electron chi connectivity index (χ3n) is 5.51. The van der Waals surface area contributed by atoms with Crippen LogP contribution in [0.2, 0.25) is 10.0 Å². The van der Waals surface area contributed by atoms with Gasteiger partial charge in [0.15, 0.2) is 0 Å². The third-order valence-corrected chi connectivity index (χ3v) is 6.07. The zero-order valence-electron chi connectivity index (χ0n) is 19.6. The highest BCUT2D eigenvalue weighted by Crippen LogP contribution is 2.30. The molecule has 1 aliphatic rings. The van der Waals surface area contributed by atoms with Crippen molar-refractivity contribution in [1.82, 2.24) is 10.3 Å². The first kappa shape index (κ1) is 25.9. The van der Waals surface area contributed by atoms with Gasteiger partial charge in [0.1, 0.15) is 11.5 Å². The van der Waals surface area contributed by atoms with E-state index in [0.29, 0.717) is 39.4 Å². The van der Waals surface area contributed by atoms with Crippen molar-refractivity contribution in [3.05, 3.63) is 63.6 Å². The lowest BCUT2D eigenvalue weighted by atomic mass is 10.0. The number of nitrogens with one attached hydrogen (secondary N) is 1. The Morgan fingerprint density at radius 1 is 1.15 bits per heavy atom. The van der Waals surface area contributed by atoms with Crippen LogP contribution in [0.3, 0.4) is 0 Å². The Bertz CT molecular complexity index is 1110. The normalized spacial score (nSPS) is 13.6. The van der Waals surface area contributed by atoms with E-state index in [9.17, 15) is 4.79 Å². The Hall–Kier alpha value is -2.74. The average molecular weight is 502 g/mol. The van der Waals surface area contributed by atoms with E-state index in [2.05, 4.69) is 29.3 Å². The van der Waals surface area contributed by atoms with E-state index in [1.54, 1.807) is 6.07 Å². The highest BCUT2D eigenvalue weighted by atomic mass is 35.5. The maximum Gasteiger partial charge on any atom is 0.354 e. The number of rotatable bonds is 9. The van der Waals surface area contributed by atoms with E-state index in [1.165, 1.54) is 7.11 Å². The molecule has 0 amide bonds. The summed E-state index contributed by atoms with van der Waals surface area (Å²) < 4.78 is 4.92. The van der Waals surface area contributed by atoms with Gasteiger partial charge < -0.3 is 9.64 Å². The molecule has 0 saturated carbocycles. The van der Waals surface area contributed by atoms with Crippen molar-refractivity contribution in [1.29, 1.82) is 0 Å². The molecule has 0 aromatic heterocycles. The highest BCUT2D eigenvalue weighted by molar-refractivity contribution is 6.37. The second-order valence-corrected chi connectivity index (χ2v) is 8.50. The predicted molar refractivity (Wildman–Crippen MR) is 140 cm³/mol. The second kappa shape index (κ2) is 12.6. The van der Waals surface area contributed by atoms with Crippen molar-refractivity contribution in [2.24, 2.45) is 15.1 Å². The molecule has 180 valence electrons. The molecule has 1 aliphatic heterocycles. The summed E-state index contributed by atoms with van der Waals surface area (Å²) >= 11 is 12.7. The van der Waals surface area contributed by atoms with Crippen molar-refractivity contribution in [3.63, 3.8) is 0 Å². The zero-order chi connectivity index (χ0) is 24.5. The fourth-order valence-corrected chi connectivity index (χ4v) is 4.02. The van der Waals surface area contributed by atoms with E-state index in [0.717, 1.165) is 37.2 Å². The summed E-state index contributed by atoms with van der Waals surface area (Å²) in [5.41, 5.74) is 6.19. The Morgan fingerprint density at radius 3 is 2.62 bits per heavy atom. The number of nitrogens with zero attached hydrogens (tertiary/aromatic N) is 4. The molecule has 0 unspecified atom stereocenters. The molecule has 34 heavy (non-hydrogen) atoms. The fourth-order valence-electron chi connectivity index (χ4n) is 3.62. The maximum atomic E-state index is 12.3. The number of hydrazone groups is 1. The number of carbonyl (C=O) groups is 1. The Labute approximate surface area is 210 Å². The number of carbonyl (C=O) groups excluding carboxylic acids is 1. The van der Waals surface area contributed by atoms with E-state index in [-0.39, 0.29) is 6.54 Å². The monoisotopic (exact) mass is 501 g/mol. The Kier molecular flexibility index (Phi) is 9.62. The Morgan fingerprint density at radius 2 is 1.91 bits per heavy atom. The minimum atomic E-state index is -0.464. The topological polar surface area (TPSA) is 78.6 Å². The molecular formula is C25H29Cl2N5O2. The van der Waals surface area contributed by atoms with Crippen LogP contribution in [-0.2, 0) is 9.53 Å². The van der Waals surface area contributed by atoms with Gasteiger partial charge >= 0.3 is 5.97 Å². The summed E-state index contributed by atoms with van der Waals surface area (Å²) in [6.45, 7) is 7.27. The van der Waals surface area contributed by atoms with Gasteiger partial charge in [-0.3, -0.25) is 10.4 Å². The summed E-state index contributed by atoms with van der Waals surface area (Å²) in [4.78, 5) is 24.0. The second-order valence-electron chi connectivity index (χ2n) is 7.66. The summed E-state index contributed by atoms with van der Waals surface area (Å²) in [7, 11) is 1.35. The number of fused-ring (bicyclic) bond motifs is 1. The molecule has 0 fully saturated rings. The van der Waals surface area contributed by atoms with E-state index in [4.69, 9.17) is 37.9 Å². The molecule has 0 spiro atoms. The Balaban J connectivity index is 1.86. The molecule has 2 aromatic carbocycles. The van der Waals surface area contributed by atoms with Crippen LogP contribution in [0.15, 0.2) is 57.6 Å². The third kappa shape index (κ3) is 6.65. The van der Waals surface area contributed by atoms with Crippen molar-refractivity contribution < 1.29 is 9.53 Å². The summed E-state index contributed by atoms with van der Waals surface area (Å²) in [5, 5.41) is 5.49. The van der Waals surface area contributed by atoms with Crippen molar-refractivity contribution in [2.75, 3.05) is 33.3 Å². The lowest BCUT2D eigenvalue weighted by Crippen LogP contribution is -2.28. The maximum absolute atomic E-state index is 12.3. The van der Waals surface area contributed by atoms with Gasteiger partial charge in [-0.1, -0.05) is 55.2 Å². The minimum absolute atomic E-state index is 0.226. The molecule has 1 heterocycles. The minimum Gasteiger partial charge on any atom is -0.464 e. The number of methoxy groups -OCH3 is 1. The number of ether oxygens (including phenoxy) is 1. The molecule has 7 nitrogen and oxygen atoms in total. The standard InChI is InChI=1S/C25H29Cl2N5O2/c1-4-32(5-2)14-8-11-22(25(33)34-3)30-31-23-16-28-24(18-9-6-7-10-20(18)27)19-15-17(26)12-13-21(19)29-23/h6-7,9-10,12-13,15H,4-5,8,11,14,16H2,1-3H3,(H,29,31)/b30-22+. The van der Waals surface area contributed by atoms with Crippen LogP contribution in [-0.4, -0.2) is 61.4 Å². The van der Waals surface area contributed by atoms with Crippen molar-refractivity contribution in [2.45, 2.75) is 26.7 Å². The van der Waals surface area contributed by atoms with Gasteiger partial charge in [-0.2, -0.15) is 5.10 Å². The van der Waals surface area contributed by atoms with Gasteiger partial charge in [0.05, 0.1) is 25.1 Å². The number of esters is 1. The van der Waals surface area contributed by atoms with Crippen molar-refractivity contribution in [3.8, 4) is 0 Å². The van der Waals surface area contributed by atoms with Crippen LogP contribution in [0, 0.1) is 0 Å². The van der Waals surface area contributed by atoms with Crippen molar-refractivity contribution >= 4 is 52.1 Å². The number of aliphatic imine (C=N–C) groups is 2. The summed E-state index contributed by atoms with van der Waals surface area (Å²) in [5.74, 6) is 0.0319. The molecule has 1 N–H and O–H groups in total. The van der Waals surface area contributed by atoms with E-state index < -0.39 is 5.97 Å². The van der Waals surface area contributed by atoms with Crippen LogP contribution in [0.25, 0.3) is 0 Å². The summed E-state index contributed by atoms with van der Waals surface area (Å²) in [6, 6.07) is 12.9. The first-order valence-electron chi connectivity index (χ1n) is 11.3. The number of halogens is 2. The van der Waals surface area contributed by atoms with Crippen LogP contribution in [0.5, 0.6) is 0 Å². The molecule has 2 aromatic rings. The molecular weight excluding hydrogens is 473 g/mol. The van der Waals surface area contributed by atoms with Crippen LogP contribution in [0.1, 0.15) is 37.8 Å². The molecule has 9 heteroatoms. The van der Waals surface area contributed by atoms with Gasteiger partial charge in [0.25, 0.3) is 0 Å². The molecule has 0 saturated heterocycles. The van der Waals surface area contributed by atoms with Crippen LogP contribution >= 0.6 is 23.2 Å². The van der Waals surface area contributed by atoms with Gasteiger partial charge in [-0.15, -0.1) is 0 Å². The molecule has 0 radical (unpaired) electrons. The zero-order valence-corrected chi connectivity index (χ0v) is 21.2. The number of benzene rings is 2. The fraction of sp³-hybridized carbons (Fsp3) is 0.360. The van der Waals surface area contributed by atoms with E-state index in [1.807, 2.05) is 36.4 Å². The molecule has 0 bridgehead atoms. The predicted octanol–water partition coefficient (Wildman–Crippen LogP) is 5.12. The first-order valence-corrected chi connectivity index (χ1v) is 12.0. The highest BCUT2D eigenvalue weighted by Gasteiger charge is 2.19. The number of amidine groups is 1. The summed E-state index contributed by atoms with van der Waals surface area (Å²) in [6.07, 6.45) is 1.28. The molecule has 3 rings (SSSR count). The SMILES string of the molecule is CCN(CC)CCC/C(=N\NC1=Nc2ccc(Cl)cc2C(c2ccccc2Cl)=NC1)C(=O)OC. The van der Waals surface area contributed by atoms with Gasteiger partial charge in [0, 0.05) is 27.6 Å².